The zero-order chi connectivity index (χ0) is 30.7. The van der Waals surface area contributed by atoms with Crippen molar-refractivity contribution in [2.75, 3.05) is 49.5 Å². The number of anilines is 2. The van der Waals surface area contributed by atoms with E-state index in [-0.39, 0.29) is 21.9 Å². The average molecular weight is 647 g/mol. The molecule has 4 aromatic rings. The number of nitrogens with zero attached hydrogens (tertiary/aromatic N) is 2. The Morgan fingerprint density at radius 3 is 1.26 bits per heavy atom. The molecule has 0 saturated heterocycles. The predicted octanol–water partition coefficient (Wildman–Crippen LogP) is 5.54. The molecule has 0 aliphatic carbocycles. The summed E-state index contributed by atoms with van der Waals surface area (Å²) in [5.74, 6) is 1.04. The van der Waals surface area contributed by atoms with Crippen LogP contribution in [-0.2, 0) is 20.0 Å². The normalized spacial score (nSPS) is 13.8. The summed E-state index contributed by atoms with van der Waals surface area (Å²) in [4.78, 5) is 4.43. The van der Waals surface area contributed by atoms with Crippen molar-refractivity contribution in [1.29, 1.82) is 0 Å². The van der Waals surface area contributed by atoms with Gasteiger partial charge in [0.15, 0.2) is 0 Å². The van der Waals surface area contributed by atoms with Crippen LogP contribution in [-0.4, -0.2) is 68.6 Å². The largest absolute Gasteiger partial charge is 0.377 e. The van der Waals surface area contributed by atoms with Gasteiger partial charge in [-0.1, -0.05) is 70.1 Å². The van der Waals surface area contributed by atoms with Gasteiger partial charge in [-0.3, -0.25) is 0 Å². The maximum atomic E-state index is 13.3. The highest BCUT2D eigenvalue weighted by atomic mass is 33.1. The zero-order valence-corrected chi connectivity index (χ0v) is 27.9. The Balaban J connectivity index is 1.34. The van der Waals surface area contributed by atoms with E-state index in [0.717, 1.165) is 22.1 Å². The van der Waals surface area contributed by atoms with Gasteiger partial charge in [-0.15, -0.1) is 0 Å². The molecule has 0 aliphatic heterocycles. The van der Waals surface area contributed by atoms with Crippen LogP contribution in [0.25, 0.3) is 21.5 Å². The number of benzene rings is 4. The zero-order valence-electron chi connectivity index (χ0n) is 24.7. The van der Waals surface area contributed by atoms with Gasteiger partial charge in [0.05, 0.1) is 9.79 Å². The lowest BCUT2D eigenvalue weighted by Gasteiger charge is -2.19. The van der Waals surface area contributed by atoms with E-state index in [2.05, 4.69) is 9.44 Å². The average Bonchev–Trinajstić information content (AvgIpc) is 2.93. The molecule has 8 nitrogen and oxygen atoms in total. The third-order valence-electron chi connectivity index (χ3n) is 6.69. The fourth-order valence-electron chi connectivity index (χ4n) is 4.80. The van der Waals surface area contributed by atoms with E-state index in [1.54, 1.807) is 24.3 Å². The van der Waals surface area contributed by atoms with Crippen molar-refractivity contribution in [3.8, 4) is 0 Å². The first-order valence-corrected chi connectivity index (χ1v) is 18.9. The van der Waals surface area contributed by atoms with E-state index >= 15 is 0 Å². The first-order valence-electron chi connectivity index (χ1n) is 13.5. The summed E-state index contributed by atoms with van der Waals surface area (Å²) >= 11 is 0. The molecule has 4 rings (SSSR count). The molecular formula is C30H38N4O4S4. The molecule has 42 heavy (non-hydrogen) atoms. The topological polar surface area (TPSA) is 98.8 Å². The summed E-state index contributed by atoms with van der Waals surface area (Å²) in [7, 11) is 3.25. The molecule has 0 amide bonds. The van der Waals surface area contributed by atoms with Crippen molar-refractivity contribution < 1.29 is 16.8 Å². The summed E-state index contributed by atoms with van der Waals surface area (Å²) in [6.45, 7) is 3.66. The second-order valence-electron chi connectivity index (χ2n) is 10.7. The predicted molar refractivity (Wildman–Crippen MR) is 181 cm³/mol. The molecule has 12 heteroatoms. The van der Waals surface area contributed by atoms with E-state index in [9.17, 15) is 16.8 Å². The molecule has 0 fully saturated rings. The van der Waals surface area contributed by atoms with Gasteiger partial charge in [0.1, 0.15) is 0 Å². The van der Waals surface area contributed by atoms with E-state index in [1.165, 1.54) is 21.6 Å². The quantitative estimate of drug-likeness (QED) is 0.144. The lowest BCUT2D eigenvalue weighted by atomic mass is 10.1. The molecule has 0 aliphatic rings. The van der Waals surface area contributed by atoms with Gasteiger partial charge in [-0.05, 0) is 38.1 Å². The molecule has 0 radical (unpaired) electrons. The number of sulfonamides is 2. The maximum Gasteiger partial charge on any atom is 0.241 e. The monoisotopic (exact) mass is 646 g/mol. The molecule has 4 aromatic carbocycles. The molecule has 226 valence electrons. The third kappa shape index (κ3) is 7.35. The number of fused-ring (bicyclic) bond motifs is 2. The van der Waals surface area contributed by atoms with E-state index in [1.807, 2.05) is 100 Å². The summed E-state index contributed by atoms with van der Waals surface area (Å²) in [6, 6.07) is 21.3. The third-order valence-corrected chi connectivity index (χ3v) is 12.7. The standard InChI is InChI=1S/C30H38N4O4S4/c1-21(31-41(35,36)29-17-9-11-23-25(29)13-7-15-27(23)33(3)4)19-39-40-20-22(2)32-42(37,38)30-18-10-12-24-26(30)14-8-16-28(24)34(5)6/h7-18,21-22,31-32H,19-20H2,1-6H3. The fourth-order valence-corrected chi connectivity index (χ4v) is 10.5. The summed E-state index contributed by atoms with van der Waals surface area (Å²) < 4.78 is 58.8. The Labute approximate surface area is 257 Å². The summed E-state index contributed by atoms with van der Waals surface area (Å²) in [6.07, 6.45) is 0. The molecular weight excluding hydrogens is 609 g/mol. The van der Waals surface area contributed by atoms with Crippen molar-refractivity contribution in [2.45, 2.75) is 35.7 Å². The number of rotatable bonds is 13. The minimum atomic E-state index is -3.75. The minimum Gasteiger partial charge on any atom is -0.377 e. The van der Waals surface area contributed by atoms with Crippen molar-refractivity contribution in [2.24, 2.45) is 0 Å². The smallest absolute Gasteiger partial charge is 0.241 e. The Hall–Kier alpha value is -2.48. The minimum absolute atomic E-state index is 0.252. The van der Waals surface area contributed by atoms with E-state index in [0.29, 0.717) is 22.3 Å². The lowest BCUT2D eigenvalue weighted by Crippen LogP contribution is -2.35. The Kier molecular flexibility index (Phi) is 10.4. The Bertz CT molecular complexity index is 1650. The van der Waals surface area contributed by atoms with Crippen LogP contribution >= 0.6 is 21.6 Å². The first-order chi connectivity index (χ1) is 19.8. The van der Waals surface area contributed by atoms with Crippen molar-refractivity contribution in [1.82, 2.24) is 9.44 Å². The van der Waals surface area contributed by atoms with Crippen LogP contribution in [0.15, 0.2) is 82.6 Å². The van der Waals surface area contributed by atoms with Gasteiger partial charge < -0.3 is 9.80 Å². The molecule has 0 spiro atoms. The van der Waals surface area contributed by atoms with Crippen molar-refractivity contribution >= 4 is 74.6 Å². The van der Waals surface area contributed by atoms with Crippen molar-refractivity contribution in [3.63, 3.8) is 0 Å². The fraction of sp³-hybridized carbons (Fsp3) is 0.333. The van der Waals surface area contributed by atoms with Crippen molar-refractivity contribution in [3.05, 3.63) is 72.8 Å². The molecule has 2 atom stereocenters. The molecule has 0 saturated carbocycles. The summed E-state index contributed by atoms with van der Waals surface area (Å²) in [5.41, 5.74) is 1.90. The van der Waals surface area contributed by atoms with Gasteiger partial charge in [-0.2, -0.15) is 0 Å². The number of hydrogen-bond donors (Lipinski definition) is 2. The first kappa shape index (κ1) is 32.4. The van der Waals surface area contributed by atoms with Gasteiger partial charge in [0.2, 0.25) is 20.0 Å². The highest BCUT2D eigenvalue weighted by Crippen LogP contribution is 2.32. The van der Waals surface area contributed by atoms with Gasteiger partial charge >= 0.3 is 0 Å². The summed E-state index contributed by atoms with van der Waals surface area (Å²) in [5, 5.41) is 3.11. The molecule has 2 unspecified atom stereocenters. The molecule has 2 N–H and O–H groups in total. The van der Waals surface area contributed by atoms with Crippen LogP contribution in [0.2, 0.25) is 0 Å². The Morgan fingerprint density at radius 1 is 0.571 bits per heavy atom. The Morgan fingerprint density at radius 2 is 0.905 bits per heavy atom. The van der Waals surface area contributed by atoms with Crippen LogP contribution in [0.5, 0.6) is 0 Å². The molecule has 0 heterocycles. The van der Waals surface area contributed by atoms with Crippen LogP contribution < -0.4 is 19.2 Å². The SMILES string of the molecule is CC(CSSCC(C)NS(=O)(=O)c1cccc2c(N(C)C)cccc12)NS(=O)(=O)c1cccc2c(N(C)C)cccc12. The molecule has 0 bridgehead atoms. The van der Waals surface area contributed by atoms with E-state index < -0.39 is 20.0 Å². The van der Waals surface area contributed by atoms with Crippen LogP contribution in [0, 0.1) is 0 Å². The molecule has 0 aromatic heterocycles. The van der Waals surface area contributed by atoms with Crippen LogP contribution in [0.1, 0.15) is 13.8 Å². The second-order valence-corrected chi connectivity index (χ2v) is 16.6. The maximum absolute atomic E-state index is 13.3. The van der Waals surface area contributed by atoms with Gasteiger partial charge in [-0.25, -0.2) is 26.3 Å². The number of hydrogen-bond acceptors (Lipinski definition) is 8. The lowest BCUT2D eigenvalue weighted by molar-refractivity contribution is 0.570. The van der Waals surface area contributed by atoms with Crippen LogP contribution in [0.3, 0.4) is 0 Å². The highest BCUT2D eigenvalue weighted by Gasteiger charge is 2.23. The van der Waals surface area contributed by atoms with E-state index in [4.69, 9.17) is 0 Å². The van der Waals surface area contributed by atoms with Gasteiger partial charge in [0.25, 0.3) is 0 Å². The van der Waals surface area contributed by atoms with Crippen LogP contribution in [0.4, 0.5) is 11.4 Å². The second kappa shape index (κ2) is 13.4. The highest BCUT2D eigenvalue weighted by molar-refractivity contribution is 8.76. The number of nitrogens with one attached hydrogen (secondary N) is 2. The van der Waals surface area contributed by atoms with Gasteiger partial charge in [0, 0.05) is 84.7 Å².